The van der Waals surface area contributed by atoms with Crippen molar-refractivity contribution >= 4 is 11.6 Å². The molecule has 0 amide bonds. The summed E-state index contributed by atoms with van der Waals surface area (Å²) >= 11 is 0. The Balaban J connectivity index is 1.76. The second-order valence-corrected chi connectivity index (χ2v) is 14.9. The van der Waals surface area contributed by atoms with Crippen LogP contribution in [0.2, 0.25) is 0 Å². The number of nitrogens with zero attached hydrogens (tertiary/aromatic N) is 2. The van der Waals surface area contributed by atoms with Crippen LogP contribution in [-0.2, 0) is 12.8 Å². The second kappa shape index (κ2) is 13.4. The molecular formula is C41H61N3. The zero-order valence-corrected chi connectivity index (χ0v) is 30.0. The van der Waals surface area contributed by atoms with Gasteiger partial charge in [0.05, 0.1) is 0 Å². The Morgan fingerprint density at radius 3 is 2.23 bits per heavy atom. The number of allylic oxidation sites excluding steroid dienone is 7. The molecule has 240 valence electrons. The Kier molecular flexibility index (Phi) is 10.4. The number of hydrogen-bond donors (Lipinski definition) is 1. The summed E-state index contributed by atoms with van der Waals surface area (Å²) in [7, 11) is 8.76. The van der Waals surface area contributed by atoms with E-state index in [9.17, 15) is 0 Å². The highest BCUT2D eigenvalue weighted by molar-refractivity contribution is 5.80. The van der Waals surface area contributed by atoms with Crippen molar-refractivity contribution in [1.29, 1.82) is 0 Å². The highest BCUT2D eigenvalue weighted by atomic mass is 15.1. The fourth-order valence-corrected chi connectivity index (χ4v) is 9.03. The fraction of sp³-hybridized carbons (Fsp3) is 0.561. The maximum Gasteiger partial charge on any atom is 0.0233 e. The van der Waals surface area contributed by atoms with E-state index in [0.29, 0.717) is 16.7 Å². The maximum atomic E-state index is 4.37. The number of likely N-dealkylation sites (N-methyl/N-ethyl adjacent to an activating group) is 1. The Morgan fingerprint density at radius 1 is 1.02 bits per heavy atom. The molecule has 1 spiro atoms. The molecule has 0 radical (unpaired) electrons. The number of benzene rings is 1. The van der Waals surface area contributed by atoms with Crippen molar-refractivity contribution in [3.63, 3.8) is 0 Å². The standard InChI is InChI=1S/C41H61N3/c1-14-32(29(6)24-30(7)42-10)26-44(13)23-20-35-34(15-2)31(8)36-25-40(9)39(38(36)37(35)28(5)17-16-27(3)4)41(40)21-18-33(19-22-41)43(11)12/h14-17,24,33,39,42H,1-2,18-23,25-26H2,3-13H3/b28-17+,30-24-,32-29+. The molecule has 0 saturated heterocycles. The van der Waals surface area contributed by atoms with Crippen LogP contribution in [0.15, 0.2) is 59.9 Å². The molecule has 3 aliphatic carbocycles. The Bertz CT molecular complexity index is 1400. The van der Waals surface area contributed by atoms with Gasteiger partial charge in [0, 0.05) is 31.9 Å². The molecule has 44 heavy (non-hydrogen) atoms. The van der Waals surface area contributed by atoms with Crippen LogP contribution >= 0.6 is 0 Å². The van der Waals surface area contributed by atoms with E-state index in [0.717, 1.165) is 31.2 Å². The van der Waals surface area contributed by atoms with Crippen LogP contribution in [0.5, 0.6) is 0 Å². The highest BCUT2D eigenvalue weighted by Crippen LogP contribution is 2.84. The van der Waals surface area contributed by atoms with Gasteiger partial charge in [0.25, 0.3) is 0 Å². The lowest BCUT2D eigenvalue weighted by Crippen LogP contribution is -2.35. The zero-order valence-electron chi connectivity index (χ0n) is 30.0. The average Bonchev–Trinajstić information content (AvgIpc) is 3.27. The predicted molar refractivity (Wildman–Crippen MR) is 194 cm³/mol. The lowest BCUT2D eigenvalue weighted by molar-refractivity contribution is 0.155. The normalized spacial score (nSPS) is 26.8. The minimum absolute atomic E-state index is 0.386. The van der Waals surface area contributed by atoms with Crippen LogP contribution in [0, 0.1) is 17.8 Å². The second-order valence-electron chi connectivity index (χ2n) is 14.9. The summed E-state index contributed by atoms with van der Waals surface area (Å²) < 4.78 is 0. The van der Waals surface area contributed by atoms with Crippen molar-refractivity contribution < 1.29 is 0 Å². The number of fused-ring (bicyclic) bond motifs is 5. The minimum atomic E-state index is 0.386. The van der Waals surface area contributed by atoms with Crippen LogP contribution in [-0.4, -0.2) is 57.1 Å². The molecule has 3 nitrogen and oxygen atoms in total. The molecule has 4 rings (SSSR count). The van der Waals surface area contributed by atoms with Gasteiger partial charge in [-0.25, -0.2) is 0 Å². The van der Waals surface area contributed by atoms with E-state index < -0.39 is 0 Å². The van der Waals surface area contributed by atoms with Crippen molar-refractivity contribution in [3.8, 4) is 0 Å². The van der Waals surface area contributed by atoms with Crippen molar-refractivity contribution in [2.45, 2.75) is 99.0 Å². The Labute approximate surface area is 270 Å². The molecule has 1 N–H and O–H groups in total. The molecule has 2 fully saturated rings. The van der Waals surface area contributed by atoms with E-state index in [-0.39, 0.29) is 0 Å². The van der Waals surface area contributed by atoms with Crippen LogP contribution in [0.25, 0.3) is 11.6 Å². The number of rotatable bonds is 12. The van der Waals surface area contributed by atoms with Gasteiger partial charge in [-0.05, 0) is 174 Å². The first-order valence-electron chi connectivity index (χ1n) is 16.9. The fourth-order valence-electron chi connectivity index (χ4n) is 9.03. The van der Waals surface area contributed by atoms with Crippen molar-refractivity contribution in [2.24, 2.45) is 10.8 Å². The quantitative estimate of drug-likeness (QED) is 0.243. The van der Waals surface area contributed by atoms with Gasteiger partial charge >= 0.3 is 0 Å². The summed E-state index contributed by atoms with van der Waals surface area (Å²) in [4.78, 5) is 4.92. The summed E-state index contributed by atoms with van der Waals surface area (Å²) in [6.45, 7) is 26.5. The summed E-state index contributed by atoms with van der Waals surface area (Å²) in [5, 5.41) is 3.24. The molecule has 0 bridgehead atoms. The van der Waals surface area contributed by atoms with Gasteiger partial charge < -0.3 is 15.1 Å². The van der Waals surface area contributed by atoms with Gasteiger partial charge in [-0.3, -0.25) is 0 Å². The molecule has 0 aliphatic heterocycles. The van der Waals surface area contributed by atoms with Crippen molar-refractivity contribution in [1.82, 2.24) is 15.1 Å². The third-order valence-corrected chi connectivity index (χ3v) is 11.8. The Hall–Kier alpha value is -2.62. The van der Waals surface area contributed by atoms with E-state index >= 15 is 0 Å². The molecular weight excluding hydrogens is 534 g/mol. The molecule has 0 aromatic heterocycles. The van der Waals surface area contributed by atoms with Crippen molar-refractivity contribution in [2.75, 3.05) is 41.3 Å². The lowest BCUT2D eigenvalue weighted by Gasteiger charge is -2.37. The van der Waals surface area contributed by atoms with Crippen molar-refractivity contribution in [3.05, 3.63) is 93.3 Å². The SMILES string of the molecule is C=C/C(CN(C)CCc1c(C=C)c(C)c2c(c1/C(C)=C/C=C(C)C)C1C(C)(C2)C12CCC(N(C)C)CC2)=C(C)\C=C(\C)NC. The topological polar surface area (TPSA) is 18.5 Å². The first-order chi connectivity index (χ1) is 20.8. The van der Waals surface area contributed by atoms with E-state index in [1.807, 2.05) is 13.1 Å². The number of hydrogen-bond acceptors (Lipinski definition) is 3. The molecule has 3 heteroatoms. The molecule has 0 heterocycles. The molecule has 1 aromatic carbocycles. The van der Waals surface area contributed by atoms with Gasteiger partial charge in [-0.15, -0.1) is 0 Å². The largest absolute Gasteiger partial charge is 0.392 e. The highest BCUT2D eigenvalue weighted by Gasteiger charge is 2.76. The average molecular weight is 596 g/mol. The first kappa shape index (κ1) is 34.3. The van der Waals surface area contributed by atoms with Crippen LogP contribution in [0.1, 0.15) is 107 Å². The van der Waals surface area contributed by atoms with Crippen LogP contribution in [0.3, 0.4) is 0 Å². The predicted octanol–water partition coefficient (Wildman–Crippen LogP) is 9.26. The summed E-state index contributed by atoms with van der Waals surface area (Å²) in [6, 6.07) is 0.732. The van der Waals surface area contributed by atoms with E-state index in [1.165, 1.54) is 76.7 Å². The molecule has 2 atom stereocenters. The summed E-state index contributed by atoms with van der Waals surface area (Å²) in [5.74, 6) is 0.673. The maximum absolute atomic E-state index is 4.37. The first-order valence-corrected chi connectivity index (χ1v) is 16.9. The van der Waals surface area contributed by atoms with E-state index in [2.05, 4.69) is 122 Å². The lowest BCUT2D eigenvalue weighted by atomic mass is 9.72. The number of nitrogens with one attached hydrogen (secondary N) is 1. The van der Waals surface area contributed by atoms with Gasteiger partial charge in [0.1, 0.15) is 0 Å². The monoisotopic (exact) mass is 595 g/mol. The Morgan fingerprint density at radius 2 is 1.68 bits per heavy atom. The smallest absolute Gasteiger partial charge is 0.0233 e. The molecule has 1 aromatic rings. The summed E-state index contributed by atoms with van der Waals surface area (Å²) in [5.41, 5.74) is 16.5. The molecule has 2 unspecified atom stereocenters. The molecule has 2 saturated carbocycles. The van der Waals surface area contributed by atoms with Gasteiger partial charge in [0.15, 0.2) is 0 Å². The van der Waals surface area contributed by atoms with Gasteiger partial charge in [-0.2, -0.15) is 0 Å². The third kappa shape index (κ3) is 6.12. The zero-order chi connectivity index (χ0) is 32.6. The molecule has 3 aliphatic rings. The third-order valence-electron chi connectivity index (χ3n) is 11.8. The van der Waals surface area contributed by atoms with E-state index in [1.54, 1.807) is 11.1 Å². The summed E-state index contributed by atoms with van der Waals surface area (Å²) in [6.07, 6.45) is 18.7. The van der Waals surface area contributed by atoms with E-state index in [4.69, 9.17) is 0 Å². The van der Waals surface area contributed by atoms with Gasteiger partial charge in [-0.1, -0.05) is 50.0 Å². The van der Waals surface area contributed by atoms with Crippen LogP contribution in [0.4, 0.5) is 0 Å². The van der Waals surface area contributed by atoms with Gasteiger partial charge in [0.2, 0.25) is 0 Å². The van der Waals surface area contributed by atoms with Crippen LogP contribution < -0.4 is 5.32 Å². The minimum Gasteiger partial charge on any atom is -0.392 e.